The van der Waals surface area contributed by atoms with Gasteiger partial charge in [-0.1, -0.05) is 18.2 Å². The minimum absolute atomic E-state index is 0.0888. The fraction of sp³-hybridized carbons (Fsp3) is 0.421. The predicted molar refractivity (Wildman–Crippen MR) is 106 cm³/mol. The van der Waals surface area contributed by atoms with Gasteiger partial charge in [-0.15, -0.1) is 16.8 Å². The highest BCUT2D eigenvalue weighted by atomic mass is 16.5. The Labute approximate surface area is 160 Å². The predicted octanol–water partition coefficient (Wildman–Crippen LogP) is 1.82. The molecule has 1 atom stereocenters. The van der Waals surface area contributed by atoms with Crippen molar-refractivity contribution in [1.82, 2.24) is 25.4 Å². The SMILES string of the molecule is C=CCNC(=NCc1nnc(C)n1C)NCC(C)Oc1ccccc1OC. The Balaban J connectivity index is 1.95. The molecule has 0 aliphatic heterocycles. The summed E-state index contributed by atoms with van der Waals surface area (Å²) in [5.41, 5.74) is 0. The van der Waals surface area contributed by atoms with Crippen molar-refractivity contribution in [3.05, 3.63) is 48.6 Å². The van der Waals surface area contributed by atoms with E-state index in [1.807, 2.05) is 49.7 Å². The second-order valence-electron chi connectivity index (χ2n) is 6.02. The minimum atomic E-state index is -0.0888. The molecule has 2 N–H and O–H groups in total. The lowest BCUT2D eigenvalue weighted by atomic mass is 10.3. The van der Waals surface area contributed by atoms with Crippen LogP contribution >= 0.6 is 0 Å². The van der Waals surface area contributed by atoms with Gasteiger partial charge in [0.25, 0.3) is 0 Å². The highest BCUT2D eigenvalue weighted by molar-refractivity contribution is 5.79. The molecule has 0 amide bonds. The van der Waals surface area contributed by atoms with Gasteiger partial charge in [0.05, 0.1) is 13.7 Å². The normalized spacial score (nSPS) is 12.4. The Morgan fingerprint density at radius 2 is 2.04 bits per heavy atom. The molecule has 0 aliphatic rings. The molecule has 8 heteroatoms. The first-order valence-corrected chi connectivity index (χ1v) is 8.82. The van der Waals surface area contributed by atoms with Crippen LogP contribution in [0, 0.1) is 6.92 Å². The van der Waals surface area contributed by atoms with Crippen molar-refractivity contribution in [3.63, 3.8) is 0 Å². The van der Waals surface area contributed by atoms with Crippen molar-refractivity contribution in [2.24, 2.45) is 12.0 Å². The molecule has 2 aromatic rings. The third-order valence-electron chi connectivity index (χ3n) is 3.93. The second-order valence-corrected chi connectivity index (χ2v) is 6.02. The van der Waals surface area contributed by atoms with E-state index in [0.29, 0.717) is 37.1 Å². The standard InChI is InChI=1S/C19H28N6O2/c1-6-11-20-19(22-13-18-24-23-15(3)25(18)4)21-12-14(2)27-17-10-8-7-9-16(17)26-5/h6-10,14H,1,11-13H2,2-5H3,(H2,20,21,22). The highest BCUT2D eigenvalue weighted by Gasteiger charge is 2.10. The largest absolute Gasteiger partial charge is 0.493 e. The van der Waals surface area contributed by atoms with Crippen LogP contribution < -0.4 is 20.1 Å². The zero-order valence-electron chi connectivity index (χ0n) is 16.4. The van der Waals surface area contributed by atoms with Crippen molar-refractivity contribution in [3.8, 4) is 11.5 Å². The van der Waals surface area contributed by atoms with Crippen molar-refractivity contribution in [2.75, 3.05) is 20.2 Å². The average molecular weight is 372 g/mol. The van der Waals surface area contributed by atoms with Gasteiger partial charge in [0.15, 0.2) is 23.3 Å². The summed E-state index contributed by atoms with van der Waals surface area (Å²) in [6, 6.07) is 7.58. The van der Waals surface area contributed by atoms with E-state index in [-0.39, 0.29) is 6.10 Å². The van der Waals surface area contributed by atoms with E-state index in [9.17, 15) is 0 Å². The number of hydrogen-bond donors (Lipinski definition) is 2. The van der Waals surface area contributed by atoms with E-state index in [1.54, 1.807) is 13.2 Å². The van der Waals surface area contributed by atoms with Crippen molar-refractivity contribution in [2.45, 2.75) is 26.5 Å². The zero-order valence-corrected chi connectivity index (χ0v) is 16.4. The summed E-state index contributed by atoms with van der Waals surface area (Å²) in [5.74, 6) is 3.73. The summed E-state index contributed by atoms with van der Waals surface area (Å²) in [5, 5.41) is 14.6. The van der Waals surface area contributed by atoms with Gasteiger partial charge in [-0.25, -0.2) is 4.99 Å². The average Bonchev–Trinajstić information content (AvgIpc) is 3.00. The number of benzene rings is 1. The molecule has 0 fully saturated rings. The van der Waals surface area contributed by atoms with Gasteiger partial charge in [-0.3, -0.25) is 0 Å². The van der Waals surface area contributed by atoms with Crippen LogP contribution in [0.1, 0.15) is 18.6 Å². The van der Waals surface area contributed by atoms with Gasteiger partial charge in [-0.2, -0.15) is 0 Å². The molecule has 0 saturated carbocycles. The van der Waals surface area contributed by atoms with Crippen molar-refractivity contribution >= 4 is 5.96 Å². The monoisotopic (exact) mass is 372 g/mol. The molecule has 1 unspecified atom stereocenters. The molecule has 1 aromatic heterocycles. The second kappa shape index (κ2) is 10.2. The molecule has 0 bridgehead atoms. The maximum absolute atomic E-state index is 5.96. The quantitative estimate of drug-likeness (QED) is 0.397. The van der Waals surface area contributed by atoms with Gasteiger partial charge in [0.1, 0.15) is 18.5 Å². The van der Waals surface area contributed by atoms with Crippen LogP contribution in [-0.4, -0.2) is 47.0 Å². The van der Waals surface area contributed by atoms with E-state index >= 15 is 0 Å². The number of para-hydroxylation sites is 2. The summed E-state index contributed by atoms with van der Waals surface area (Å²) in [7, 11) is 3.55. The molecule has 1 aromatic carbocycles. The number of hydrogen-bond acceptors (Lipinski definition) is 5. The third-order valence-corrected chi connectivity index (χ3v) is 3.93. The number of aromatic nitrogens is 3. The van der Waals surface area contributed by atoms with Crippen molar-refractivity contribution in [1.29, 1.82) is 0 Å². The van der Waals surface area contributed by atoms with E-state index in [1.165, 1.54) is 0 Å². The summed E-state index contributed by atoms with van der Waals surface area (Å²) < 4.78 is 13.2. The van der Waals surface area contributed by atoms with Gasteiger partial charge in [-0.05, 0) is 26.0 Å². The lowest BCUT2D eigenvalue weighted by Gasteiger charge is -2.19. The van der Waals surface area contributed by atoms with E-state index in [2.05, 4.69) is 32.4 Å². The molecule has 0 spiro atoms. The maximum Gasteiger partial charge on any atom is 0.192 e. The summed E-state index contributed by atoms with van der Waals surface area (Å²) in [6.45, 7) is 9.21. The topological polar surface area (TPSA) is 85.6 Å². The fourth-order valence-electron chi connectivity index (χ4n) is 2.30. The van der Waals surface area contributed by atoms with Crippen molar-refractivity contribution < 1.29 is 9.47 Å². The molecule has 146 valence electrons. The maximum atomic E-state index is 5.96. The van der Waals surface area contributed by atoms with Gasteiger partial charge in [0.2, 0.25) is 0 Å². The van der Waals surface area contributed by atoms with Gasteiger partial charge < -0.3 is 24.7 Å². The number of ether oxygens (including phenoxy) is 2. The number of aryl methyl sites for hydroxylation is 1. The first-order chi connectivity index (χ1) is 13.0. The number of rotatable bonds is 9. The van der Waals surface area contributed by atoms with Crippen LogP contribution in [0.5, 0.6) is 11.5 Å². The number of nitrogens with zero attached hydrogens (tertiary/aromatic N) is 4. The van der Waals surface area contributed by atoms with Crippen LogP contribution in [0.4, 0.5) is 0 Å². The Kier molecular flexibility index (Phi) is 7.66. The number of methoxy groups -OCH3 is 1. The Morgan fingerprint density at radius 3 is 2.67 bits per heavy atom. The molecule has 0 saturated heterocycles. The van der Waals surface area contributed by atoms with Crippen LogP contribution in [0.2, 0.25) is 0 Å². The zero-order chi connectivity index (χ0) is 19.6. The number of aliphatic imine (C=N–C) groups is 1. The summed E-state index contributed by atoms with van der Waals surface area (Å²) >= 11 is 0. The lowest BCUT2D eigenvalue weighted by Crippen LogP contribution is -2.42. The number of nitrogens with one attached hydrogen (secondary N) is 2. The number of guanidine groups is 1. The lowest BCUT2D eigenvalue weighted by molar-refractivity contribution is 0.213. The summed E-state index contributed by atoms with van der Waals surface area (Å²) in [6.07, 6.45) is 1.69. The highest BCUT2D eigenvalue weighted by Crippen LogP contribution is 2.26. The molecule has 2 rings (SSSR count). The van der Waals surface area contributed by atoms with Gasteiger partial charge in [0, 0.05) is 13.6 Å². The molecule has 0 radical (unpaired) electrons. The molecule has 8 nitrogen and oxygen atoms in total. The molecular weight excluding hydrogens is 344 g/mol. The molecule has 27 heavy (non-hydrogen) atoms. The van der Waals surface area contributed by atoms with Crippen LogP contribution in [0.15, 0.2) is 41.9 Å². The first-order valence-electron chi connectivity index (χ1n) is 8.82. The first kappa shape index (κ1) is 20.3. The van der Waals surface area contributed by atoms with Gasteiger partial charge >= 0.3 is 0 Å². The summed E-state index contributed by atoms with van der Waals surface area (Å²) in [4.78, 5) is 4.56. The smallest absolute Gasteiger partial charge is 0.192 e. The molecule has 0 aliphatic carbocycles. The third kappa shape index (κ3) is 6.02. The van der Waals surface area contributed by atoms with E-state index in [4.69, 9.17) is 9.47 Å². The molecule has 1 heterocycles. The Morgan fingerprint density at radius 1 is 1.30 bits per heavy atom. The van der Waals surface area contributed by atoms with Crippen LogP contribution in [0.3, 0.4) is 0 Å². The Hall–Kier alpha value is -3.03. The van der Waals surface area contributed by atoms with E-state index in [0.717, 1.165) is 11.6 Å². The van der Waals surface area contributed by atoms with Crippen LogP contribution in [-0.2, 0) is 13.6 Å². The Bertz CT molecular complexity index is 771. The van der Waals surface area contributed by atoms with Crippen LogP contribution in [0.25, 0.3) is 0 Å². The minimum Gasteiger partial charge on any atom is -0.493 e. The van der Waals surface area contributed by atoms with E-state index < -0.39 is 0 Å². The molecular formula is C19H28N6O2. The fourth-order valence-corrected chi connectivity index (χ4v) is 2.30.